The van der Waals surface area contributed by atoms with Gasteiger partial charge >= 0.3 is 0 Å². The third-order valence-corrected chi connectivity index (χ3v) is 4.91. The average Bonchev–Trinajstić information content (AvgIpc) is 3.15. The van der Waals surface area contributed by atoms with E-state index in [0.717, 1.165) is 35.6 Å². The Morgan fingerprint density at radius 2 is 2.27 bits per heavy atom. The highest BCUT2D eigenvalue weighted by Gasteiger charge is 2.30. The van der Waals surface area contributed by atoms with Crippen LogP contribution < -0.4 is 5.32 Å². The Hall–Kier alpha value is -1.72. The fourth-order valence-electron chi connectivity index (χ4n) is 2.65. The van der Waals surface area contributed by atoms with Crippen LogP contribution in [0.15, 0.2) is 29.6 Å². The summed E-state index contributed by atoms with van der Waals surface area (Å²) in [7, 11) is 0. The molecule has 1 fully saturated rings. The third kappa shape index (κ3) is 3.20. The molecule has 116 valence electrons. The third-order valence-electron chi connectivity index (χ3n) is 4.04. The van der Waals surface area contributed by atoms with Crippen LogP contribution >= 0.6 is 11.3 Å². The van der Waals surface area contributed by atoms with Crippen molar-refractivity contribution in [1.82, 2.24) is 10.3 Å². The predicted octanol–water partition coefficient (Wildman–Crippen LogP) is 3.42. The lowest BCUT2D eigenvalue weighted by atomic mass is 10.0. The number of aromatic nitrogens is 1. The van der Waals surface area contributed by atoms with Crippen LogP contribution in [-0.4, -0.2) is 29.6 Å². The Bertz CT molecular complexity index is 675. The largest absolute Gasteiger partial charge is 0.373 e. The Labute approximate surface area is 134 Å². The highest BCUT2D eigenvalue weighted by atomic mass is 32.1. The van der Waals surface area contributed by atoms with E-state index in [9.17, 15) is 4.79 Å². The number of thiazole rings is 1. The van der Waals surface area contributed by atoms with Gasteiger partial charge in [-0.2, -0.15) is 0 Å². The summed E-state index contributed by atoms with van der Waals surface area (Å²) < 4.78 is 5.68. The molecule has 0 radical (unpaired) electrons. The van der Waals surface area contributed by atoms with Gasteiger partial charge in [0.25, 0.3) is 5.91 Å². The van der Waals surface area contributed by atoms with Crippen molar-refractivity contribution in [3.63, 3.8) is 0 Å². The lowest BCUT2D eigenvalue weighted by Gasteiger charge is -2.22. The van der Waals surface area contributed by atoms with Gasteiger partial charge in [-0.05, 0) is 32.3 Å². The molecule has 1 atom stereocenters. The number of rotatable bonds is 4. The van der Waals surface area contributed by atoms with Crippen molar-refractivity contribution in [3.05, 3.63) is 40.9 Å². The Morgan fingerprint density at radius 3 is 3.00 bits per heavy atom. The van der Waals surface area contributed by atoms with Crippen molar-refractivity contribution in [2.24, 2.45) is 0 Å². The number of hydrogen-bond acceptors (Lipinski definition) is 4. The number of ether oxygens (including phenoxy) is 1. The molecular weight excluding hydrogens is 296 g/mol. The van der Waals surface area contributed by atoms with Crippen LogP contribution in [0, 0.1) is 6.92 Å². The maximum Gasteiger partial charge on any atom is 0.270 e. The highest BCUT2D eigenvalue weighted by Crippen LogP contribution is 2.27. The van der Waals surface area contributed by atoms with Crippen LogP contribution in [0.25, 0.3) is 10.6 Å². The molecule has 1 N–H and O–H groups in total. The summed E-state index contributed by atoms with van der Waals surface area (Å²) in [5, 5.41) is 5.64. The Kier molecular flexibility index (Phi) is 4.27. The molecule has 2 heterocycles. The van der Waals surface area contributed by atoms with E-state index in [1.165, 1.54) is 11.3 Å². The summed E-state index contributed by atoms with van der Waals surface area (Å²) in [6.07, 6.45) is 2.04. The van der Waals surface area contributed by atoms with Gasteiger partial charge in [-0.1, -0.05) is 24.3 Å². The molecule has 1 aromatic heterocycles. The zero-order valence-corrected chi connectivity index (χ0v) is 13.7. The number of amides is 1. The maximum atomic E-state index is 12.3. The number of nitrogens with one attached hydrogen (secondary N) is 1. The first kappa shape index (κ1) is 15.2. The van der Waals surface area contributed by atoms with Crippen molar-refractivity contribution in [2.75, 3.05) is 13.2 Å². The summed E-state index contributed by atoms with van der Waals surface area (Å²) in [6.45, 7) is 5.40. The van der Waals surface area contributed by atoms with Gasteiger partial charge in [0.2, 0.25) is 0 Å². The lowest BCUT2D eigenvalue weighted by molar-refractivity contribution is 0.0205. The summed E-state index contributed by atoms with van der Waals surface area (Å²) in [6, 6.07) is 8.07. The summed E-state index contributed by atoms with van der Waals surface area (Å²) >= 11 is 1.50. The van der Waals surface area contributed by atoms with Gasteiger partial charge in [-0.3, -0.25) is 4.79 Å². The lowest BCUT2D eigenvalue weighted by Crippen LogP contribution is -2.40. The predicted molar refractivity (Wildman–Crippen MR) is 88.2 cm³/mol. The van der Waals surface area contributed by atoms with Crippen LogP contribution in [0.2, 0.25) is 0 Å². The molecule has 0 bridgehead atoms. The van der Waals surface area contributed by atoms with Gasteiger partial charge in [0.05, 0.1) is 5.60 Å². The molecule has 22 heavy (non-hydrogen) atoms. The second-order valence-electron chi connectivity index (χ2n) is 5.94. The topological polar surface area (TPSA) is 51.2 Å². The second-order valence-corrected chi connectivity index (χ2v) is 6.80. The molecule has 1 aliphatic heterocycles. The summed E-state index contributed by atoms with van der Waals surface area (Å²) in [5.74, 6) is -0.132. The fourth-order valence-corrected chi connectivity index (χ4v) is 3.54. The maximum absolute atomic E-state index is 12.3. The van der Waals surface area contributed by atoms with Gasteiger partial charge in [-0.15, -0.1) is 11.3 Å². The average molecular weight is 316 g/mol. The molecular formula is C17H20N2O2S. The molecule has 0 aliphatic carbocycles. The van der Waals surface area contributed by atoms with E-state index in [0.29, 0.717) is 12.2 Å². The van der Waals surface area contributed by atoms with Crippen LogP contribution in [0.1, 0.15) is 35.8 Å². The molecule has 1 amide bonds. The zero-order valence-electron chi connectivity index (χ0n) is 12.9. The van der Waals surface area contributed by atoms with Gasteiger partial charge in [0, 0.05) is 24.1 Å². The minimum Gasteiger partial charge on any atom is -0.373 e. The van der Waals surface area contributed by atoms with E-state index in [4.69, 9.17) is 4.74 Å². The van der Waals surface area contributed by atoms with E-state index in [1.807, 2.05) is 30.5 Å². The van der Waals surface area contributed by atoms with Crippen molar-refractivity contribution in [3.8, 4) is 10.6 Å². The molecule has 0 spiro atoms. The van der Waals surface area contributed by atoms with Gasteiger partial charge in [0.15, 0.2) is 0 Å². The van der Waals surface area contributed by atoms with E-state index < -0.39 is 0 Å². The number of carbonyl (C=O) groups is 1. The van der Waals surface area contributed by atoms with Gasteiger partial charge < -0.3 is 10.1 Å². The first-order valence-corrected chi connectivity index (χ1v) is 8.39. The first-order chi connectivity index (χ1) is 10.6. The van der Waals surface area contributed by atoms with Crippen LogP contribution in [0.5, 0.6) is 0 Å². The standard InChI is InChI=1S/C17H20N2O2S/c1-12-6-3-4-7-13(12)16-19-14(10-22-16)15(20)18-11-17(2)8-5-9-21-17/h3-4,6-7,10H,5,8-9,11H2,1-2H3,(H,18,20). The van der Waals surface area contributed by atoms with E-state index in [2.05, 4.69) is 23.3 Å². The SMILES string of the molecule is Cc1ccccc1-c1nc(C(=O)NCC2(C)CCCO2)cs1. The van der Waals surface area contributed by atoms with Crippen molar-refractivity contribution < 1.29 is 9.53 Å². The number of carbonyl (C=O) groups excluding carboxylic acids is 1. The Morgan fingerprint density at radius 1 is 1.45 bits per heavy atom. The highest BCUT2D eigenvalue weighted by molar-refractivity contribution is 7.13. The molecule has 3 rings (SSSR count). The van der Waals surface area contributed by atoms with Crippen molar-refractivity contribution in [1.29, 1.82) is 0 Å². The second kappa shape index (κ2) is 6.18. The Balaban J connectivity index is 1.68. The van der Waals surface area contributed by atoms with Crippen LogP contribution in [0.3, 0.4) is 0 Å². The summed E-state index contributed by atoms with van der Waals surface area (Å²) in [4.78, 5) is 16.7. The molecule has 1 aliphatic rings. The molecule has 1 saturated heterocycles. The van der Waals surface area contributed by atoms with Crippen LogP contribution in [-0.2, 0) is 4.74 Å². The van der Waals surface area contributed by atoms with Crippen molar-refractivity contribution >= 4 is 17.2 Å². The van der Waals surface area contributed by atoms with E-state index >= 15 is 0 Å². The smallest absolute Gasteiger partial charge is 0.270 e. The van der Waals surface area contributed by atoms with Crippen LogP contribution in [0.4, 0.5) is 0 Å². The molecule has 1 aromatic carbocycles. The number of nitrogens with zero attached hydrogens (tertiary/aromatic N) is 1. The number of aryl methyl sites for hydroxylation is 1. The van der Waals surface area contributed by atoms with Crippen molar-refractivity contribution in [2.45, 2.75) is 32.3 Å². The molecule has 0 saturated carbocycles. The normalized spacial score (nSPS) is 21.0. The van der Waals surface area contributed by atoms with Gasteiger partial charge in [0.1, 0.15) is 10.7 Å². The minimum atomic E-state index is -0.232. The van der Waals surface area contributed by atoms with E-state index in [-0.39, 0.29) is 11.5 Å². The first-order valence-electron chi connectivity index (χ1n) is 7.51. The summed E-state index contributed by atoms with van der Waals surface area (Å²) in [5.41, 5.74) is 2.49. The number of benzene rings is 1. The molecule has 2 aromatic rings. The van der Waals surface area contributed by atoms with E-state index in [1.54, 1.807) is 0 Å². The molecule has 4 nitrogen and oxygen atoms in total. The van der Waals surface area contributed by atoms with Gasteiger partial charge in [-0.25, -0.2) is 4.98 Å². The molecule has 5 heteroatoms. The fraction of sp³-hybridized carbons (Fsp3) is 0.412. The minimum absolute atomic E-state index is 0.132. The zero-order chi connectivity index (χ0) is 15.6. The number of hydrogen-bond donors (Lipinski definition) is 1. The quantitative estimate of drug-likeness (QED) is 0.940. The molecule has 1 unspecified atom stereocenters. The monoisotopic (exact) mass is 316 g/mol.